The van der Waals surface area contributed by atoms with Crippen LogP contribution in [-0.2, 0) is 17.4 Å². The van der Waals surface area contributed by atoms with Crippen molar-refractivity contribution in [2.24, 2.45) is 0 Å². The number of benzene rings is 1. The fraction of sp³-hybridized carbons (Fsp3) is 0.333. The number of amides is 1. The molecule has 1 amide bonds. The summed E-state index contributed by atoms with van der Waals surface area (Å²) in [4.78, 5) is 16.5. The van der Waals surface area contributed by atoms with E-state index >= 15 is 0 Å². The van der Waals surface area contributed by atoms with Crippen LogP contribution >= 0.6 is 0 Å². The van der Waals surface area contributed by atoms with Gasteiger partial charge in [-0.3, -0.25) is 9.78 Å². The summed E-state index contributed by atoms with van der Waals surface area (Å²) in [6.45, 7) is 3.87. The summed E-state index contributed by atoms with van der Waals surface area (Å²) in [5.74, 6) is -0.244. The molecular formula is C18H19F3N2O. The van der Waals surface area contributed by atoms with E-state index in [0.717, 1.165) is 23.4 Å². The van der Waals surface area contributed by atoms with Crippen molar-refractivity contribution in [1.82, 2.24) is 10.3 Å². The van der Waals surface area contributed by atoms with Crippen LogP contribution in [0, 0.1) is 6.92 Å². The van der Waals surface area contributed by atoms with E-state index in [1.54, 1.807) is 6.20 Å². The Morgan fingerprint density at radius 3 is 2.42 bits per heavy atom. The van der Waals surface area contributed by atoms with E-state index in [2.05, 4.69) is 10.3 Å². The van der Waals surface area contributed by atoms with Crippen LogP contribution in [0.3, 0.4) is 0 Å². The minimum atomic E-state index is -4.37. The highest BCUT2D eigenvalue weighted by atomic mass is 19.4. The van der Waals surface area contributed by atoms with E-state index in [-0.39, 0.29) is 18.4 Å². The highest BCUT2D eigenvalue weighted by molar-refractivity contribution is 5.79. The second-order valence-electron chi connectivity index (χ2n) is 5.61. The molecule has 1 atom stereocenters. The van der Waals surface area contributed by atoms with Gasteiger partial charge in [0, 0.05) is 6.20 Å². The summed E-state index contributed by atoms with van der Waals surface area (Å²) in [5.41, 5.74) is 1.61. The van der Waals surface area contributed by atoms with Gasteiger partial charge in [-0.15, -0.1) is 0 Å². The van der Waals surface area contributed by atoms with Crippen LogP contribution < -0.4 is 5.32 Å². The average Bonchev–Trinajstić information content (AvgIpc) is 2.53. The molecule has 0 radical (unpaired) electrons. The zero-order valence-corrected chi connectivity index (χ0v) is 13.5. The second-order valence-corrected chi connectivity index (χ2v) is 5.61. The first kappa shape index (κ1) is 18.0. The van der Waals surface area contributed by atoms with E-state index < -0.39 is 11.7 Å². The number of carbonyl (C=O) groups excluding carboxylic acids is 1. The number of hydrogen-bond donors (Lipinski definition) is 1. The summed E-state index contributed by atoms with van der Waals surface area (Å²) in [7, 11) is 0. The lowest BCUT2D eigenvalue weighted by molar-refractivity contribution is -0.137. The quantitative estimate of drug-likeness (QED) is 0.888. The van der Waals surface area contributed by atoms with Gasteiger partial charge in [0.05, 0.1) is 23.7 Å². The lowest BCUT2D eigenvalue weighted by Crippen LogP contribution is -2.30. The average molecular weight is 336 g/mol. The Labute approximate surface area is 138 Å². The van der Waals surface area contributed by atoms with Crippen molar-refractivity contribution < 1.29 is 18.0 Å². The van der Waals surface area contributed by atoms with E-state index in [9.17, 15) is 18.0 Å². The molecule has 1 aromatic heterocycles. The Balaban J connectivity index is 2.03. The molecule has 2 rings (SSSR count). The lowest BCUT2D eigenvalue weighted by Gasteiger charge is -2.18. The third kappa shape index (κ3) is 4.57. The van der Waals surface area contributed by atoms with Crippen LogP contribution in [-0.4, -0.2) is 10.9 Å². The maximum atomic E-state index is 12.5. The molecule has 6 heteroatoms. The number of carbonyl (C=O) groups is 1. The SMILES string of the molecule is CCC(NC(=O)Cc1ccc(C(F)(F)F)cc1)c1ncccc1C. The maximum absolute atomic E-state index is 12.5. The first-order valence-corrected chi connectivity index (χ1v) is 7.68. The van der Waals surface area contributed by atoms with Crippen molar-refractivity contribution >= 4 is 5.91 Å². The molecule has 0 saturated carbocycles. The van der Waals surface area contributed by atoms with Crippen molar-refractivity contribution in [2.75, 3.05) is 0 Å². The summed E-state index contributed by atoms with van der Waals surface area (Å²) in [5, 5.41) is 2.89. The predicted octanol–water partition coefficient (Wildman–Crippen LogP) is 4.22. The molecule has 2 aromatic rings. The van der Waals surface area contributed by atoms with Gasteiger partial charge in [-0.1, -0.05) is 25.1 Å². The van der Waals surface area contributed by atoms with Gasteiger partial charge in [0.2, 0.25) is 5.91 Å². The summed E-state index contributed by atoms with van der Waals surface area (Å²) in [6.07, 6.45) is -1.99. The monoisotopic (exact) mass is 336 g/mol. The van der Waals surface area contributed by atoms with Crippen LogP contribution in [0.4, 0.5) is 13.2 Å². The Morgan fingerprint density at radius 1 is 1.21 bits per heavy atom. The molecule has 1 N–H and O–H groups in total. The van der Waals surface area contributed by atoms with E-state index in [1.165, 1.54) is 12.1 Å². The summed E-state index contributed by atoms with van der Waals surface area (Å²) >= 11 is 0. The van der Waals surface area contributed by atoms with Crippen molar-refractivity contribution in [3.63, 3.8) is 0 Å². The number of aryl methyl sites for hydroxylation is 1. The number of hydrogen-bond acceptors (Lipinski definition) is 2. The molecule has 0 aliphatic carbocycles. The molecule has 1 heterocycles. The van der Waals surface area contributed by atoms with Crippen molar-refractivity contribution in [1.29, 1.82) is 0 Å². The van der Waals surface area contributed by atoms with Crippen molar-refractivity contribution in [3.05, 3.63) is 65.0 Å². The zero-order valence-electron chi connectivity index (χ0n) is 13.5. The van der Waals surface area contributed by atoms with Gasteiger partial charge in [-0.2, -0.15) is 13.2 Å². The van der Waals surface area contributed by atoms with Crippen molar-refractivity contribution in [3.8, 4) is 0 Å². The fourth-order valence-electron chi connectivity index (χ4n) is 2.47. The van der Waals surface area contributed by atoms with Crippen LogP contribution in [0.1, 0.15) is 41.8 Å². The number of rotatable bonds is 5. The van der Waals surface area contributed by atoms with Gasteiger partial charge < -0.3 is 5.32 Å². The first-order valence-electron chi connectivity index (χ1n) is 7.68. The van der Waals surface area contributed by atoms with Gasteiger partial charge in [0.25, 0.3) is 0 Å². The number of halogens is 3. The summed E-state index contributed by atoms with van der Waals surface area (Å²) in [6, 6.07) is 8.17. The van der Waals surface area contributed by atoms with Crippen LogP contribution in [0.2, 0.25) is 0 Å². The van der Waals surface area contributed by atoms with Crippen LogP contribution in [0.15, 0.2) is 42.6 Å². The van der Waals surface area contributed by atoms with E-state index in [1.807, 2.05) is 26.0 Å². The third-order valence-electron chi connectivity index (χ3n) is 3.77. The number of nitrogens with one attached hydrogen (secondary N) is 1. The van der Waals surface area contributed by atoms with E-state index in [4.69, 9.17) is 0 Å². The number of alkyl halides is 3. The topological polar surface area (TPSA) is 42.0 Å². The predicted molar refractivity (Wildman–Crippen MR) is 85.3 cm³/mol. The molecule has 0 fully saturated rings. The smallest absolute Gasteiger partial charge is 0.347 e. The van der Waals surface area contributed by atoms with Crippen molar-refractivity contribution in [2.45, 2.75) is 38.9 Å². The largest absolute Gasteiger partial charge is 0.416 e. The molecule has 24 heavy (non-hydrogen) atoms. The highest BCUT2D eigenvalue weighted by Crippen LogP contribution is 2.29. The lowest BCUT2D eigenvalue weighted by atomic mass is 10.0. The molecule has 0 bridgehead atoms. The first-order chi connectivity index (χ1) is 11.3. The van der Waals surface area contributed by atoms with Crippen LogP contribution in [0.5, 0.6) is 0 Å². The Morgan fingerprint density at radius 2 is 1.88 bits per heavy atom. The zero-order chi connectivity index (χ0) is 17.7. The third-order valence-corrected chi connectivity index (χ3v) is 3.77. The second kappa shape index (κ2) is 7.47. The Kier molecular flexibility index (Phi) is 5.59. The Bertz CT molecular complexity index is 696. The van der Waals surface area contributed by atoms with Gasteiger partial charge >= 0.3 is 6.18 Å². The van der Waals surface area contributed by atoms with Gasteiger partial charge in [-0.05, 0) is 42.7 Å². The molecule has 1 aromatic carbocycles. The molecule has 1 unspecified atom stereocenters. The fourth-order valence-corrected chi connectivity index (χ4v) is 2.47. The number of nitrogens with zero attached hydrogens (tertiary/aromatic N) is 1. The van der Waals surface area contributed by atoms with Gasteiger partial charge in [0.1, 0.15) is 0 Å². The number of pyridine rings is 1. The molecule has 3 nitrogen and oxygen atoms in total. The standard InChI is InChI=1S/C18H19F3N2O/c1-3-15(17-12(2)5-4-10-22-17)23-16(24)11-13-6-8-14(9-7-13)18(19,20)21/h4-10,15H,3,11H2,1-2H3,(H,23,24). The molecule has 0 aliphatic rings. The number of aromatic nitrogens is 1. The van der Waals surface area contributed by atoms with Gasteiger partial charge in [-0.25, -0.2) is 0 Å². The minimum Gasteiger partial charge on any atom is -0.347 e. The van der Waals surface area contributed by atoms with Gasteiger partial charge in [0.15, 0.2) is 0 Å². The normalized spacial score (nSPS) is 12.7. The molecule has 128 valence electrons. The molecule has 0 aliphatic heterocycles. The van der Waals surface area contributed by atoms with E-state index in [0.29, 0.717) is 12.0 Å². The molecule has 0 saturated heterocycles. The Hall–Kier alpha value is -2.37. The summed E-state index contributed by atoms with van der Waals surface area (Å²) < 4.78 is 37.6. The maximum Gasteiger partial charge on any atom is 0.416 e. The molecule has 0 spiro atoms. The molecular weight excluding hydrogens is 317 g/mol. The highest BCUT2D eigenvalue weighted by Gasteiger charge is 2.30. The minimum absolute atomic E-state index is 0.0283. The van der Waals surface area contributed by atoms with Crippen LogP contribution in [0.25, 0.3) is 0 Å².